The van der Waals surface area contributed by atoms with Crippen molar-refractivity contribution in [3.05, 3.63) is 87.5 Å². The van der Waals surface area contributed by atoms with E-state index in [9.17, 15) is 13.6 Å². The van der Waals surface area contributed by atoms with E-state index in [1.54, 1.807) is 18.3 Å². The Bertz CT molecular complexity index is 1980. The Balaban J connectivity index is 1.19. The first-order valence-electron chi connectivity index (χ1n) is 17.2. The number of aromatic amines is 2. The molecule has 3 atom stereocenters. The van der Waals surface area contributed by atoms with Crippen molar-refractivity contribution in [1.29, 1.82) is 0 Å². The molecule has 4 heterocycles. The minimum atomic E-state index is -3.57. The third kappa shape index (κ3) is 8.39. The molecule has 5 aromatic rings. The molecule has 3 aromatic heterocycles. The van der Waals surface area contributed by atoms with Crippen molar-refractivity contribution < 1.29 is 17.9 Å². The fraction of sp³-hybridized carbons (Fsp3) is 0.432. The van der Waals surface area contributed by atoms with Crippen molar-refractivity contribution in [2.45, 2.75) is 96.9 Å². The number of aromatic nitrogens is 5. The Hall–Kier alpha value is -4.62. The van der Waals surface area contributed by atoms with Crippen LogP contribution in [-0.4, -0.2) is 49.2 Å². The number of aryl methyl sites for hydroxylation is 3. The van der Waals surface area contributed by atoms with Crippen LogP contribution in [0.3, 0.4) is 0 Å². The molecule has 6 N–H and O–H groups in total. The molecule has 13 heteroatoms. The Labute approximate surface area is 289 Å². The summed E-state index contributed by atoms with van der Waals surface area (Å²) in [4.78, 5) is 28.1. The van der Waals surface area contributed by atoms with Crippen molar-refractivity contribution in [2.75, 3.05) is 11.9 Å². The number of anilines is 1. The van der Waals surface area contributed by atoms with E-state index >= 15 is 4.39 Å². The molecule has 1 saturated heterocycles. The number of piperidine rings is 1. The van der Waals surface area contributed by atoms with Gasteiger partial charge >= 0.3 is 11.8 Å². The molecule has 2 aromatic carbocycles. The molecule has 0 radical (unpaired) electrons. The molecular formula is C37H45F3N8O2. The van der Waals surface area contributed by atoms with Gasteiger partial charge in [0.1, 0.15) is 5.65 Å². The highest BCUT2D eigenvalue weighted by Crippen LogP contribution is 2.35. The molecule has 0 unspecified atom stereocenters. The monoisotopic (exact) mass is 690 g/mol. The standard InChI is InChI=1S/C37H45F3N8O2/c1-21(41)7-5-8-24-17-29(33(38)32(18-24)50-37(4,39)40)31-19-26-20-48(36(49)47-34(26)46-31)28-13-11-25(12-14-28)30-10-6-9-27(45-30)15-16-42-35-43-22(2)23(3)44-35/h11-14,17-21,27,30,45H,5-10,15-16,41H2,1-4H3,(H2,42,43,44)(H,46,47,49)/t21-,27+,30+/m0/s1. The molecule has 1 fully saturated rings. The van der Waals surface area contributed by atoms with E-state index in [0.717, 1.165) is 61.5 Å². The number of rotatable bonds is 13. The van der Waals surface area contributed by atoms with Crippen molar-refractivity contribution >= 4 is 17.0 Å². The number of nitrogens with zero attached hydrogens (tertiary/aromatic N) is 3. The number of nitrogens with one attached hydrogen (secondary N) is 4. The van der Waals surface area contributed by atoms with Gasteiger partial charge in [0.2, 0.25) is 5.95 Å². The van der Waals surface area contributed by atoms with Crippen LogP contribution < -0.4 is 26.8 Å². The Kier molecular flexibility index (Phi) is 10.4. The summed E-state index contributed by atoms with van der Waals surface area (Å²) in [6.45, 7) is 7.26. The first-order chi connectivity index (χ1) is 23.8. The van der Waals surface area contributed by atoms with Gasteiger partial charge in [0.25, 0.3) is 0 Å². The first-order valence-corrected chi connectivity index (χ1v) is 17.2. The van der Waals surface area contributed by atoms with Gasteiger partial charge in [-0.05, 0) is 101 Å². The fourth-order valence-corrected chi connectivity index (χ4v) is 6.59. The maximum absolute atomic E-state index is 15.6. The molecule has 0 saturated carbocycles. The van der Waals surface area contributed by atoms with Gasteiger partial charge in [-0.15, -0.1) is 0 Å². The van der Waals surface area contributed by atoms with Crippen molar-refractivity contribution in [1.82, 2.24) is 29.8 Å². The molecule has 0 amide bonds. The van der Waals surface area contributed by atoms with E-state index in [-0.39, 0.29) is 23.3 Å². The number of hydrogen-bond acceptors (Lipinski definition) is 7. The SMILES string of the molecule is Cc1nc(NCC[C@H]2CCC[C@H](c3ccc(-n4cc5cc(-c6cc(CCC[C@H](C)N)cc(OC(C)(F)F)c6F)[nH]c5nc4=O)cc3)N2)[nH]c1C. The first kappa shape index (κ1) is 35.2. The van der Waals surface area contributed by atoms with Gasteiger partial charge in [0.05, 0.1) is 17.1 Å². The maximum atomic E-state index is 15.6. The minimum Gasteiger partial charge on any atom is -0.430 e. The zero-order valence-corrected chi connectivity index (χ0v) is 28.9. The zero-order chi connectivity index (χ0) is 35.6. The van der Waals surface area contributed by atoms with E-state index in [1.165, 1.54) is 10.6 Å². The molecule has 0 bridgehead atoms. The van der Waals surface area contributed by atoms with Crippen LogP contribution in [0.15, 0.2) is 53.5 Å². The molecule has 1 aliphatic rings. The van der Waals surface area contributed by atoms with Gasteiger partial charge in [0.15, 0.2) is 11.6 Å². The van der Waals surface area contributed by atoms with Crippen LogP contribution in [0.5, 0.6) is 5.75 Å². The van der Waals surface area contributed by atoms with Gasteiger partial charge in [-0.25, -0.2) is 14.2 Å². The normalized spacial score (nSPS) is 17.3. The van der Waals surface area contributed by atoms with Gasteiger partial charge in [-0.2, -0.15) is 13.8 Å². The number of fused-ring (bicyclic) bond motifs is 1. The van der Waals surface area contributed by atoms with Gasteiger partial charge < -0.3 is 31.1 Å². The summed E-state index contributed by atoms with van der Waals surface area (Å²) in [5.41, 5.74) is 10.4. The summed E-state index contributed by atoms with van der Waals surface area (Å²) in [6, 6.07) is 13.0. The van der Waals surface area contributed by atoms with Crippen molar-refractivity contribution in [2.24, 2.45) is 5.73 Å². The number of imidazole rings is 1. The van der Waals surface area contributed by atoms with Crippen LogP contribution >= 0.6 is 0 Å². The fourth-order valence-electron chi connectivity index (χ4n) is 6.59. The van der Waals surface area contributed by atoms with Crippen LogP contribution in [0.25, 0.3) is 28.0 Å². The van der Waals surface area contributed by atoms with Crippen molar-refractivity contribution in [3.63, 3.8) is 0 Å². The highest BCUT2D eigenvalue weighted by molar-refractivity contribution is 5.83. The van der Waals surface area contributed by atoms with Gasteiger partial charge in [0, 0.05) is 54.4 Å². The third-order valence-electron chi connectivity index (χ3n) is 9.28. The summed E-state index contributed by atoms with van der Waals surface area (Å²) >= 11 is 0. The Morgan fingerprint density at radius 2 is 1.90 bits per heavy atom. The lowest BCUT2D eigenvalue weighted by molar-refractivity contribution is -0.160. The lowest BCUT2D eigenvalue weighted by atomic mass is 9.92. The second-order valence-corrected chi connectivity index (χ2v) is 13.6. The number of ether oxygens (including phenoxy) is 1. The highest BCUT2D eigenvalue weighted by atomic mass is 19.3. The predicted octanol–water partition coefficient (Wildman–Crippen LogP) is 7.21. The van der Waals surface area contributed by atoms with E-state index in [1.807, 2.05) is 45.0 Å². The number of benzene rings is 2. The lowest BCUT2D eigenvalue weighted by Crippen LogP contribution is -2.38. The molecule has 1 aliphatic heterocycles. The minimum absolute atomic E-state index is 0.0220. The maximum Gasteiger partial charge on any atom is 0.395 e. The summed E-state index contributed by atoms with van der Waals surface area (Å²) in [6.07, 6.45) is 4.19. The predicted molar refractivity (Wildman–Crippen MR) is 190 cm³/mol. The molecule has 266 valence electrons. The largest absolute Gasteiger partial charge is 0.430 e. The van der Waals surface area contributed by atoms with Crippen LogP contribution in [0, 0.1) is 19.7 Å². The average Bonchev–Trinajstić information content (AvgIpc) is 3.62. The quantitative estimate of drug-likeness (QED) is 0.0881. The van der Waals surface area contributed by atoms with E-state index in [0.29, 0.717) is 48.1 Å². The summed E-state index contributed by atoms with van der Waals surface area (Å²) in [7, 11) is 0. The van der Waals surface area contributed by atoms with Crippen molar-refractivity contribution in [3.8, 4) is 22.7 Å². The number of alkyl halides is 2. The molecule has 50 heavy (non-hydrogen) atoms. The summed E-state index contributed by atoms with van der Waals surface area (Å²) in [5.74, 6) is -0.682. The summed E-state index contributed by atoms with van der Waals surface area (Å²) < 4.78 is 49.4. The van der Waals surface area contributed by atoms with Gasteiger partial charge in [-0.3, -0.25) is 4.57 Å². The van der Waals surface area contributed by atoms with Gasteiger partial charge in [-0.1, -0.05) is 18.6 Å². The highest BCUT2D eigenvalue weighted by Gasteiger charge is 2.27. The van der Waals surface area contributed by atoms with E-state index in [2.05, 4.69) is 30.6 Å². The Morgan fingerprint density at radius 3 is 2.60 bits per heavy atom. The second kappa shape index (κ2) is 14.7. The topological polar surface area (TPSA) is 139 Å². The Morgan fingerprint density at radius 1 is 1.12 bits per heavy atom. The average molecular weight is 691 g/mol. The number of nitrogens with two attached hydrogens (primary N) is 1. The van der Waals surface area contributed by atoms with Crippen LogP contribution in [0.1, 0.15) is 80.9 Å². The number of hydrogen-bond donors (Lipinski definition) is 5. The van der Waals surface area contributed by atoms with E-state index < -0.39 is 23.4 Å². The zero-order valence-electron chi connectivity index (χ0n) is 28.9. The lowest BCUT2D eigenvalue weighted by Gasteiger charge is -2.31. The van der Waals surface area contributed by atoms with Crippen LogP contribution in [-0.2, 0) is 6.42 Å². The molecule has 6 rings (SSSR count). The summed E-state index contributed by atoms with van der Waals surface area (Å²) in [5, 5.41) is 7.72. The molecule has 0 spiro atoms. The molecular weight excluding hydrogens is 645 g/mol. The smallest absolute Gasteiger partial charge is 0.395 e. The second-order valence-electron chi connectivity index (χ2n) is 13.6. The molecule has 10 nitrogen and oxygen atoms in total. The van der Waals surface area contributed by atoms with E-state index in [4.69, 9.17) is 10.5 Å². The number of H-pyrrole nitrogens is 2. The van der Waals surface area contributed by atoms with Crippen LogP contribution in [0.2, 0.25) is 0 Å². The molecule has 0 aliphatic carbocycles. The third-order valence-corrected chi connectivity index (χ3v) is 9.28. The van der Waals surface area contributed by atoms with Crippen LogP contribution in [0.4, 0.5) is 19.1 Å². The number of halogens is 3.